The number of methoxy groups -OCH3 is 2. The Kier molecular flexibility index (Phi) is 18.0. The quantitative estimate of drug-likeness (QED) is 0.161. The molecular formula is C46H60Cl2N2O2. The minimum absolute atomic E-state index is 0. The summed E-state index contributed by atoms with van der Waals surface area (Å²) in [4.78, 5) is 4.65. The SMILES string of the molecule is COc1cccc(C2C/C(=C/c3ccccc3)CCC2CN(C)C)c1.COc1cccc(C2C/C(=C\c3ccccc3)CCC2CN(C)C)c1.Cl.Cl. The van der Waals surface area contributed by atoms with E-state index in [1.807, 2.05) is 12.1 Å². The number of hydrogen-bond acceptors (Lipinski definition) is 4. The maximum atomic E-state index is 5.46. The topological polar surface area (TPSA) is 24.9 Å². The highest BCUT2D eigenvalue weighted by atomic mass is 35.5. The van der Waals surface area contributed by atoms with Crippen LogP contribution in [0.25, 0.3) is 12.2 Å². The van der Waals surface area contributed by atoms with Gasteiger partial charge in [0.2, 0.25) is 0 Å². The van der Waals surface area contributed by atoms with Gasteiger partial charge in [0.25, 0.3) is 0 Å². The molecule has 0 saturated heterocycles. The van der Waals surface area contributed by atoms with Crippen molar-refractivity contribution in [3.63, 3.8) is 0 Å². The summed E-state index contributed by atoms with van der Waals surface area (Å²) >= 11 is 0. The molecule has 2 saturated carbocycles. The number of benzene rings is 4. The van der Waals surface area contributed by atoms with Gasteiger partial charge in [-0.15, -0.1) is 24.8 Å². The highest BCUT2D eigenvalue weighted by molar-refractivity contribution is 5.85. The molecular weight excluding hydrogens is 683 g/mol. The standard InChI is InChI=1S/2C23H29NO.2ClH/c2*1-24(2)17-21-13-12-19(14-18-8-5-4-6-9-18)15-23(21)20-10-7-11-22(16-20)25-3;;/h2*4-11,14,16,21,23H,12-13,15,17H2,1-3H3;2*1H/b19-14+;19-14-;;. The predicted octanol–water partition coefficient (Wildman–Crippen LogP) is 11.3. The molecule has 4 aromatic carbocycles. The molecule has 2 aliphatic rings. The van der Waals surface area contributed by atoms with Crippen molar-refractivity contribution in [1.82, 2.24) is 9.80 Å². The molecule has 280 valence electrons. The normalized spacial score (nSPS) is 21.5. The predicted molar refractivity (Wildman–Crippen MR) is 227 cm³/mol. The maximum Gasteiger partial charge on any atom is 0.119 e. The van der Waals surface area contributed by atoms with Gasteiger partial charge >= 0.3 is 0 Å². The summed E-state index contributed by atoms with van der Waals surface area (Å²) in [7, 11) is 12.2. The average Bonchev–Trinajstić information content (AvgIpc) is 3.13. The number of nitrogens with zero attached hydrogens (tertiary/aromatic N) is 2. The molecule has 0 heterocycles. The lowest BCUT2D eigenvalue weighted by Gasteiger charge is -2.35. The van der Waals surface area contributed by atoms with Gasteiger partial charge in [-0.1, -0.05) is 108 Å². The summed E-state index contributed by atoms with van der Waals surface area (Å²) in [5, 5.41) is 0. The van der Waals surface area contributed by atoms with E-state index in [2.05, 4.69) is 147 Å². The van der Waals surface area contributed by atoms with Gasteiger partial charge in [-0.3, -0.25) is 0 Å². The van der Waals surface area contributed by atoms with Crippen molar-refractivity contribution < 1.29 is 9.47 Å². The van der Waals surface area contributed by atoms with E-state index < -0.39 is 0 Å². The van der Waals surface area contributed by atoms with Crippen molar-refractivity contribution in [2.75, 3.05) is 55.5 Å². The first-order valence-electron chi connectivity index (χ1n) is 18.4. The van der Waals surface area contributed by atoms with E-state index in [0.29, 0.717) is 23.7 Å². The molecule has 0 radical (unpaired) electrons. The third-order valence-electron chi connectivity index (χ3n) is 10.4. The minimum atomic E-state index is 0. The molecule has 6 rings (SSSR count). The second-order valence-electron chi connectivity index (χ2n) is 14.7. The second-order valence-corrected chi connectivity index (χ2v) is 14.7. The fourth-order valence-corrected chi connectivity index (χ4v) is 7.98. The third-order valence-corrected chi connectivity index (χ3v) is 10.4. The first kappa shape index (κ1) is 42.9. The Morgan fingerprint density at radius 1 is 0.538 bits per heavy atom. The molecule has 0 bridgehead atoms. The maximum absolute atomic E-state index is 5.46. The van der Waals surface area contributed by atoms with Crippen LogP contribution in [0.1, 0.15) is 72.6 Å². The van der Waals surface area contributed by atoms with Gasteiger partial charge in [0.15, 0.2) is 0 Å². The van der Waals surface area contributed by atoms with E-state index in [1.165, 1.54) is 47.9 Å². The summed E-state index contributed by atoms with van der Waals surface area (Å²) in [6.45, 7) is 2.28. The van der Waals surface area contributed by atoms with E-state index in [4.69, 9.17) is 9.47 Å². The molecule has 6 heteroatoms. The molecule has 0 N–H and O–H groups in total. The minimum Gasteiger partial charge on any atom is -0.497 e. The monoisotopic (exact) mass is 742 g/mol. The first-order valence-corrected chi connectivity index (χ1v) is 18.4. The van der Waals surface area contributed by atoms with Crippen molar-refractivity contribution in [3.05, 3.63) is 143 Å². The molecule has 4 aromatic rings. The molecule has 0 spiro atoms. The average molecular weight is 744 g/mol. The van der Waals surface area contributed by atoms with Crippen LogP contribution >= 0.6 is 24.8 Å². The lowest BCUT2D eigenvalue weighted by Crippen LogP contribution is -2.29. The Morgan fingerprint density at radius 2 is 0.923 bits per heavy atom. The Morgan fingerprint density at radius 3 is 1.27 bits per heavy atom. The Balaban J connectivity index is 0.000000270. The van der Waals surface area contributed by atoms with E-state index >= 15 is 0 Å². The number of ether oxygens (including phenoxy) is 2. The van der Waals surface area contributed by atoms with Crippen LogP contribution in [0.4, 0.5) is 0 Å². The summed E-state index contributed by atoms with van der Waals surface area (Å²) in [5.74, 6) is 4.41. The molecule has 52 heavy (non-hydrogen) atoms. The molecule has 4 unspecified atom stereocenters. The van der Waals surface area contributed by atoms with Gasteiger partial charge in [-0.25, -0.2) is 0 Å². The van der Waals surface area contributed by atoms with Gasteiger partial charge in [0.1, 0.15) is 11.5 Å². The van der Waals surface area contributed by atoms with E-state index in [0.717, 1.165) is 37.4 Å². The van der Waals surface area contributed by atoms with Gasteiger partial charge in [0, 0.05) is 13.1 Å². The van der Waals surface area contributed by atoms with Crippen LogP contribution in [0.15, 0.2) is 120 Å². The largest absolute Gasteiger partial charge is 0.497 e. The molecule has 2 fully saturated rings. The molecule has 0 aromatic heterocycles. The van der Waals surface area contributed by atoms with E-state index in [-0.39, 0.29) is 24.8 Å². The van der Waals surface area contributed by atoms with E-state index in [9.17, 15) is 0 Å². The van der Waals surface area contributed by atoms with Crippen LogP contribution in [0.5, 0.6) is 11.5 Å². The summed E-state index contributed by atoms with van der Waals surface area (Å²) in [5.41, 5.74) is 8.57. The Hall–Kier alpha value is -3.54. The molecule has 4 atom stereocenters. The van der Waals surface area contributed by atoms with Gasteiger partial charge in [0.05, 0.1) is 14.2 Å². The summed E-state index contributed by atoms with van der Waals surface area (Å²) in [6.07, 6.45) is 12.0. The van der Waals surface area contributed by atoms with Crippen LogP contribution in [-0.4, -0.2) is 65.3 Å². The van der Waals surface area contributed by atoms with Crippen molar-refractivity contribution in [2.24, 2.45) is 11.8 Å². The zero-order valence-electron chi connectivity index (χ0n) is 32.0. The number of rotatable bonds is 10. The molecule has 0 aliphatic heterocycles. The van der Waals surface area contributed by atoms with Crippen LogP contribution in [-0.2, 0) is 0 Å². The first-order chi connectivity index (χ1) is 24.3. The lowest BCUT2D eigenvalue weighted by atomic mass is 9.73. The van der Waals surface area contributed by atoms with Crippen molar-refractivity contribution in [3.8, 4) is 11.5 Å². The number of allylic oxidation sites excluding steroid dienone is 2. The van der Waals surface area contributed by atoms with Crippen molar-refractivity contribution in [2.45, 2.75) is 50.4 Å². The number of halogens is 2. The zero-order valence-corrected chi connectivity index (χ0v) is 33.7. The highest BCUT2D eigenvalue weighted by Gasteiger charge is 2.30. The van der Waals surface area contributed by atoms with Crippen LogP contribution in [0.3, 0.4) is 0 Å². The van der Waals surface area contributed by atoms with E-state index in [1.54, 1.807) is 25.4 Å². The summed E-state index contributed by atoms with van der Waals surface area (Å²) < 4.78 is 10.9. The van der Waals surface area contributed by atoms with Crippen molar-refractivity contribution in [1.29, 1.82) is 0 Å². The number of hydrogen-bond donors (Lipinski definition) is 0. The smallest absolute Gasteiger partial charge is 0.119 e. The second kappa shape index (κ2) is 21.9. The fourth-order valence-electron chi connectivity index (χ4n) is 7.98. The third kappa shape index (κ3) is 12.8. The summed E-state index contributed by atoms with van der Waals surface area (Å²) in [6, 6.07) is 38.7. The van der Waals surface area contributed by atoms with Gasteiger partial charge in [-0.05, 0) is 137 Å². The van der Waals surface area contributed by atoms with Crippen LogP contribution in [0, 0.1) is 11.8 Å². The van der Waals surface area contributed by atoms with Gasteiger partial charge in [-0.2, -0.15) is 0 Å². The Bertz CT molecular complexity index is 1550. The van der Waals surface area contributed by atoms with Crippen LogP contribution < -0.4 is 9.47 Å². The highest BCUT2D eigenvalue weighted by Crippen LogP contribution is 2.43. The molecule has 0 amide bonds. The molecule has 4 nitrogen and oxygen atoms in total. The molecule has 2 aliphatic carbocycles. The van der Waals surface area contributed by atoms with Gasteiger partial charge < -0.3 is 19.3 Å². The zero-order chi connectivity index (χ0) is 35.3. The van der Waals surface area contributed by atoms with Crippen molar-refractivity contribution >= 4 is 37.0 Å². The fraction of sp³-hybridized carbons (Fsp3) is 0.391. The van der Waals surface area contributed by atoms with Crippen LogP contribution in [0.2, 0.25) is 0 Å². The Labute approximate surface area is 326 Å². The lowest BCUT2D eigenvalue weighted by molar-refractivity contribution is 0.256.